The standard InChI is InChI=1S/3C12H15F3O2.Yb/c3*1-10(2)6-4-5-11(10,3)8(16)7(6)9(17)12(13,14)15;/h3*6,17H,4-5H2,1-3H3;. The summed E-state index contributed by atoms with van der Waals surface area (Å²) in [6.07, 6.45) is -11.1. The molecule has 16 heteroatoms. The molecule has 0 aromatic rings. The second-order valence-electron chi connectivity index (χ2n) is 17.2. The van der Waals surface area contributed by atoms with Gasteiger partial charge in [-0.15, -0.1) is 0 Å². The number of ketones is 3. The normalized spacial score (nSPS) is 38.0. The SMILES string of the molecule is CC12CCC(C(=C(O)C(F)(F)F)C1=O)C2(C)C.CC12CCC(C(=C(O)C(F)(F)F)C1=O)C2(C)C.CC12CCC(C(=C(O)C(F)(F)F)C1=O)C2(C)C.[Yb]. The van der Waals surface area contributed by atoms with Gasteiger partial charge < -0.3 is 15.3 Å². The number of fused-ring (bicyclic) bond motifs is 6. The van der Waals surface area contributed by atoms with Gasteiger partial charge in [0.1, 0.15) is 0 Å². The van der Waals surface area contributed by atoms with Gasteiger partial charge in [0.15, 0.2) is 17.3 Å². The summed E-state index contributed by atoms with van der Waals surface area (Å²) in [4.78, 5) is 36.2. The number of hydrogen-bond acceptors (Lipinski definition) is 6. The van der Waals surface area contributed by atoms with E-state index in [-0.39, 0.29) is 46.9 Å². The Hall–Kier alpha value is -1.48. The van der Waals surface area contributed by atoms with Gasteiger partial charge in [-0.05, 0) is 72.5 Å². The summed E-state index contributed by atoms with van der Waals surface area (Å²) < 4.78 is 113. The van der Waals surface area contributed by atoms with E-state index in [1.54, 1.807) is 62.3 Å². The van der Waals surface area contributed by atoms with Crippen LogP contribution in [-0.2, 0) is 14.4 Å². The number of allylic oxidation sites excluding steroid dienone is 6. The summed E-state index contributed by atoms with van der Waals surface area (Å²) in [6, 6.07) is 0. The fraction of sp³-hybridized carbons (Fsp3) is 0.750. The van der Waals surface area contributed by atoms with E-state index in [4.69, 9.17) is 0 Å². The molecule has 0 aliphatic heterocycles. The molecule has 6 bridgehead atoms. The van der Waals surface area contributed by atoms with Crippen molar-refractivity contribution in [3.63, 3.8) is 0 Å². The van der Waals surface area contributed by atoms with Gasteiger partial charge in [0.05, 0.1) is 0 Å². The topological polar surface area (TPSA) is 112 Å². The Labute approximate surface area is 335 Å². The van der Waals surface area contributed by atoms with Crippen LogP contribution < -0.4 is 0 Å². The van der Waals surface area contributed by atoms with Crippen molar-refractivity contribution in [1.82, 2.24) is 0 Å². The van der Waals surface area contributed by atoms with E-state index < -0.39 is 120 Å². The molecular formula is C36H45F9O6Yb. The molecule has 302 valence electrons. The number of carbonyl (C=O) groups excluding carboxylic acids is 3. The fourth-order valence-electron chi connectivity index (χ4n) is 9.88. The van der Waals surface area contributed by atoms with Crippen molar-refractivity contribution in [2.24, 2.45) is 50.2 Å². The zero-order valence-corrected chi connectivity index (χ0v) is 31.9. The summed E-state index contributed by atoms with van der Waals surface area (Å²) in [7, 11) is 0. The minimum atomic E-state index is -4.83. The first kappa shape index (κ1) is 44.9. The average Bonchev–Trinajstić information content (AvgIpc) is 3.59. The Morgan fingerprint density at radius 3 is 0.750 bits per heavy atom. The Morgan fingerprint density at radius 2 is 0.635 bits per heavy atom. The molecule has 0 spiro atoms. The van der Waals surface area contributed by atoms with Crippen molar-refractivity contribution in [3.05, 3.63) is 34.0 Å². The molecule has 6 fully saturated rings. The maximum Gasteiger partial charge on any atom is 0.449 e. The average molecular weight is 918 g/mol. The Balaban J connectivity index is 0.000000208. The van der Waals surface area contributed by atoms with Crippen molar-refractivity contribution in [2.45, 2.75) is 119 Å². The molecule has 6 aliphatic rings. The Kier molecular flexibility index (Phi) is 11.3. The maximum atomic E-state index is 12.5. The van der Waals surface area contributed by atoms with Gasteiger partial charge in [-0.2, -0.15) is 39.5 Å². The Morgan fingerprint density at radius 1 is 0.462 bits per heavy atom. The number of aliphatic hydroxyl groups excluding tert-OH is 3. The quantitative estimate of drug-likeness (QED) is 0.127. The van der Waals surface area contributed by atoms with Crippen LogP contribution in [0.4, 0.5) is 39.5 Å². The van der Waals surface area contributed by atoms with Crippen LogP contribution in [0.1, 0.15) is 101 Å². The van der Waals surface area contributed by atoms with Crippen LogP contribution in [0.25, 0.3) is 0 Å². The second kappa shape index (κ2) is 13.0. The monoisotopic (exact) mass is 918 g/mol. The summed E-state index contributed by atoms with van der Waals surface area (Å²) in [6.45, 7) is 15.9. The fourth-order valence-corrected chi connectivity index (χ4v) is 9.88. The van der Waals surface area contributed by atoms with E-state index in [2.05, 4.69) is 0 Å². The van der Waals surface area contributed by atoms with Gasteiger partial charge in [-0.3, -0.25) is 14.4 Å². The van der Waals surface area contributed by atoms with Gasteiger partial charge >= 0.3 is 18.5 Å². The third-order valence-corrected chi connectivity index (χ3v) is 14.5. The molecule has 0 aromatic carbocycles. The summed E-state index contributed by atoms with van der Waals surface area (Å²) in [5.41, 5.74) is -5.08. The van der Waals surface area contributed by atoms with Crippen LogP contribution in [-0.4, -0.2) is 51.2 Å². The first-order chi connectivity index (χ1) is 22.6. The van der Waals surface area contributed by atoms with Gasteiger partial charge in [0, 0.05) is 79.9 Å². The maximum absolute atomic E-state index is 12.5. The van der Waals surface area contributed by atoms with Gasteiger partial charge in [0.25, 0.3) is 0 Å². The zero-order valence-electron chi connectivity index (χ0n) is 30.2. The molecule has 6 nitrogen and oxygen atoms in total. The van der Waals surface area contributed by atoms with Crippen molar-refractivity contribution >= 4 is 17.3 Å². The smallest absolute Gasteiger partial charge is 0.449 e. The number of Topliss-reactive ketones (excluding diaryl/α,β-unsaturated/α-hetero) is 3. The number of hydrogen-bond donors (Lipinski definition) is 3. The van der Waals surface area contributed by atoms with E-state index in [0.29, 0.717) is 38.5 Å². The predicted octanol–water partition coefficient (Wildman–Crippen LogP) is 10.2. The molecule has 0 saturated heterocycles. The van der Waals surface area contributed by atoms with E-state index in [1.165, 1.54) is 0 Å². The molecule has 6 atom stereocenters. The van der Waals surface area contributed by atoms with Gasteiger partial charge in [-0.1, -0.05) is 62.3 Å². The van der Waals surface area contributed by atoms with E-state index >= 15 is 0 Å². The molecule has 0 aromatic heterocycles. The van der Waals surface area contributed by atoms with Gasteiger partial charge in [-0.25, -0.2) is 0 Å². The minimum Gasteiger partial charge on any atom is -0.504 e. The predicted molar refractivity (Wildman–Crippen MR) is 166 cm³/mol. The molecule has 52 heavy (non-hydrogen) atoms. The first-order valence-electron chi connectivity index (χ1n) is 16.8. The number of aliphatic hydroxyl groups is 3. The third-order valence-electron chi connectivity index (χ3n) is 14.5. The number of rotatable bonds is 0. The number of halogens is 9. The van der Waals surface area contributed by atoms with Crippen molar-refractivity contribution in [2.75, 3.05) is 0 Å². The van der Waals surface area contributed by atoms with Crippen molar-refractivity contribution in [1.29, 1.82) is 0 Å². The molecule has 6 saturated carbocycles. The summed E-state index contributed by atoms with van der Waals surface area (Å²) in [5, 5.41) is 27.8. The molecular weight excluding hydrogens is 872 g/mol. The van der Waals surface area contributed by atoms with E-state index in [1.807, 2.05) is 0 Å². The summed E-state index contributed by atoms with van der Waals surface area (Å²) in [5.74, 6) is -8.13. The van der Waals surface area contributed by atoms with Crippen molar-refractivity contribution in [3.8, 4) is 0 Å². The minimum absolute atomic E-state index is 0. The molecule has 3 N–H and O–H groups in total. The van der Waals surface area contributed by atoms with E-state index in [9.17, 15) is 69.2 Å². The van der Waals surface area contributed by atoms with Crippen LogP contribution in [0.2, 0.25) is 0 Å². The molecule has 6 aliphatic carbocycles. The molecule has 0 radical (unpaired) electrons. The number of carbonyl (C=O) groups is 3. The second-order valence-corrected chi connectivity index (χ2v) is 17.2. The third kappa shape index (κ3) is 6.15. The Bertz CT molecular complexity index is 1460. The largest absolute Gasteiger partial charge is 0.504 e. The molecule has 6 rings (SSSR count). The molecule has 6 unspecified atom stereocenters. The molecule has 0 heterocycles. The van der Waals surface area contributed by atoms with Gasteiger partial charge in [0.2, 0.25) is 17.3 Å². The van der Waals surface area contributed by atoms with Crippen LogP contribution in [0.3, 0.4) is 0 Å². The summed E-state index contributed by atoms with van der Waals surface area (Å²) >= 11 is 0. The zero-order chi connectivity index (χ0) is 39.7. The van der Waals surface area contributed by atoms with Crippen LogP contribution in [0, 0.1) is 97.2 Å². The van der Waals surface area contributed by atoms with Crippen LogP contribution in [0.5, 0.6) is 0 Å². The van der Waals surface area contributed by atoms with Crippen LogP contribution in [0.15, 0.2) is 34.0 Å². The number of alkyl halides is 9. The van der Waals surface area contributed by atoms with E-state index in [0.717, 1.165) is 0 Å². The van der Waals surface area contributed by atoms with Crippen LogP contribution >= 0.6 is 0 Å². The molecule has 0 amide bonds. The first-order valence-corrected chi connectivity index (χ1v) is 16.8. The van der Waals surface area contributed by atoms with Crippen molar-refractivity contribution < 1.29 is 116 Å².